The molecule has 7 nitrogen and oxygen atoms in total. The van der Waals surface area contributed by atoms with Crippen molar-refractivity contribution in [3.8, 4) is 0 Å². The monoisotopic (exact) mass is 356 g/mol. The third-order valence-corrected chi connectivity index (χ3v) is 5.65. The number of benzene rings is 1. The molecule has 1 unspecified atom stereocenters. The molecule has 0 bridgehead atoms. The van der Waals surface area contributed by atoms with Gasteiger partial charge in [-0.1, -0.05) is 6.92 Å². The van der Waals surface area contributed by atoms with Crippen LogP contribution < -0.4 is 4.72 Å². The highest BCUT2D eigenvalue weighted by Gasteiger charge is 2.35. The van der Waals surface area contributed by atoms with E-state index in [4.69, 9.17) is 0 Å². The van der Waals surface area contributed by atoms with Gasteiger partial charge in [0, 0.05) is 18.7 Å². The van der Waals surface area contributed by atoms with Crippen LogP contribution in [0.25, 0.3) is 0 Å². The molecule has 0 aromatic heterocycles. The average Bonchev–Trinajstić information content (AvgIpc) is 2.52. The second-order valence-electron chi connectivity index (χ2n) is 6.18. The van der Waals surface area contributed by atoms with Gasteiger partial charge in [0.1, 0.15) is 5.54 Å². The summed E-state index contributed by atoms with van der Waals surface area (Å²) in [7, 11) is -2.25. The van der Waals surface area contributed by atoms with E-state index in [1.807, 2.05) is 6.92 Å². The van der Waals surface area contributed by atoms with E-state index in [0.29, 0.717) is 6.42 Å². The van der Waals surface area contributed by atoms with E-state index < -0.39 is 27.4 Å². The van der Waals surface area contributed by atoms with E-state index >= 15 is 0 Å². The molecule has 8 heteroatoms. The van der Waals surface area contributed by atoms with Crippen molar-refractivity contribution in [3.05, 3.63) is 29.8 Å². The van der Waals surface area contributed by atoms with Crippen molar-refractivity contribution in [1.82, 2.24) is 9.62 Å². The van der Waals surface area contributed by atoms with E-state index in [-0.39, 0.29) is 16.5 Å². The van der Waals surface area contributed by atoms with Gasteiger partial charge in [-0.3, -0.25) is 4.79 Å². The van der Waals surface area contributed by atoms with Crippen LogP contribution in [0, 0.1) is 0 Å². The number of nitrogens with zero attached hydrogens (tertiary/aromatic N) is 1. The van der Waals surface area contributed by atoms with E-state index in [9.17, 15) is 23.1 Å². The molecular weight excluding hydrogens is 332 g/mol. The van der Waals surface area contributed by atoms with Crippen LogP contribution in [0.2, 0.25) is 0 Å². The summed E-state index contributed by atoms with van der Waals surface area (Å²) in [5, 5.41) is 9.18. The summed E-state index contributed by atoms with van der Waals surface area (Å²) in [6, 6.07) is 5.22. The highest BCUT2D eigenvalue weighted by molar-refractivity contribution is 7.89. The normalized spacial score (nSPS) is 13.4. The zero-order valence-electron chi connectivity index (χ0n) is 14.5. The van der Waals surface area contributed by atoms with Crippen LogP contribution in [0.5, 0.6) is 0 Å². The number of aliphatic carboxylic acids is 1. The van der Waals surface area contributed by atoms with Crippen LogP contribution in [-0.4, -0.2) is 48.9 Å². The van der Waals surface area contributed by atoms with E-state index in [1.165, 1.54) is 45.2 Å². The Morgan fingerprint density at radius 2 is 1.75 bits per heavy atom. The summed E-state index contributed by atoms with van der Waals surface area (Å²) in [4.78, 5) is 24.8. The molecule has 0 saturated carbocycles. The molecule has 0 fully saturated rings. The summed E-state index contributed by atoms with van der Waals surface area (Å²) >= 11 is 0. The molecule has 2 N–H and O–H groups in total. The van der Waals surface area contributed by atoms with Crippen LogP contribution in [0.3, 0.4) is 0 Å². The first-order chi connectivity index (χ1) is 10.9. The predicted octanol–water partition coefficient (Wildman–Crippen LogP) is 1.70. The number of hydrogen-bond acceptors (Lipinski definition) is 4. The molecule has 1 amide bonds. The number of carboxylic acids is 1. The van der Waals surface area contributed by atoms with E-state index in [2.05, 4.69) is 4.72 Å². The summed E-state index contributed by atoms with van der Waals surface area (Å²) in [5.41, 5.74) is -1.16. The van der Waals surface area contributed by atoms with Crippen molar-refractivity contribution in [2.45, 2.75) is 50.6 Å². The average molecular weight is 356 g/mol. The molecule has 134 valence electrons. The van der Waals surface area contributed by atoms with Crippen molar-refractivity contribution < 1.29 is 23.1 Å². The molecular formula is C16H24N2O5S. The fourth-order valence-electron chi connectivity index (χ4n) is 1.78. The number of carbonyl (C=O) groups excluding carboxylic acids is 1. The van der Waals surface area contributed by atoms with E-state index in [1.54, 1.807) is 6.92 Å². The fraction of sp³-hybridized carbons (Fsp3) is 0.500. The maximum absolute atomic E-state index is 12.4. The molecule has 1 aromatic rings. The molecule has 0 radical (unpaired) electrons. The first-order valence-electron chi connectivity index (χ1n) is 7.57. The van der Waals surface area contributed by atoms with Gasteiger partial charge in [0.05, 0.1) is 4.90 Å². The smallest absolute Gasteiger partial charge is 0.329 e. The third-order valence-electron chi connectivity index (χ3n) is 4.05. The number of rotatable bonds is 7. The van der Waals surface area contributed by atoms with Gasteiger partial charge in [0.2, 0.25) is 10.0 Å². The van der Waals surface area contributed by atoms with Gasteiger partial charge in [-0.2, -0.15) is 0 Å². The van der Waals surface area contributed by atoms with Crippen LogP contribution >= 0.6 is 0 Å². The zero-order valence-corrected chi connectivity index (χ0v) is 15.3. The quantitative estimate of drug-likeness (QED) is 0.774. The lowest BCUT2D eigenvalue weighted by Gasteiger charge is -2.31. The maximum atomic E-state index is 12.4. The van der Waals surface area contributed by atoms with Gasteiger partial charge in [0.15, 0.2) is 0 Å². The Balaban J connectivity index is 3.03. The lowest BCUT2D eigenvalue weighted by atomic mass is 10.0. The second-order valence-corrected chi connectivity index (χ2v) is 7.90. The Bertz CT molecular complexity index is 710. The highest BCUT2D eigenvalue weighted by atomic mass is 32.2. The minimum Gasteiger partial charge on any atom is -0.480 e. The van der Waals surface area contributed by atoms with Crippen LogP contribution in [0.15, 0.2) is 29.2 Å². The van der Waals surface area contributed by atoms with Crippen molar-refractivity contribution in [2.24, 2.45) is 0 Å². The highest BCUT2D eigenvalue weighted by Crippen LogP contribution is 2.18. The number of likely N-dealkylation sites (N-methyl/N-ethyl adjacent to an activating group) is 1. The Morgan fingerprint density at radius 3 is 2.17 bits per heavy atom. The van der Waals surface area contributed by atoms with Gasteiger partial charge in [-0.05, 0) is 51.5 Å². The van der Waals surface area contributed by atoms with Gasteiger partial charge in [-0.15, -0.1) is 0 Å². The molecule has 24 heavy (non-hydrogen) atoms. The molecule has 0 heterocycles. The number of carboxylic acid groups (broad SMARTS) is 1. The summed E-state index contributed by atoms with van der Waals surface area (Å²) in [6.45, 7) is 6.47. The zero-order chi connectivity index (χ0) is 18.7. The molecule has 0 aliphatic heterocycles. The van der Waals surface area contributed by atoms with Crippen LogP contribution in [-0.2, 0) is 14.8 Å². The van der Waals surface area contributed by atoms with Crippen molar-refractivity contribution in [3.63, 3.8) is 0 Å². The van der Waals surface area contributed by atoms with E-state index in [0.717, 1.165) is 4.90 Å². The van der Waals surface area contributed by atoms with Crippen molar-refractivity contribution in [2.75, 3.05) is 7.05 Å². The van der Waals surface area contributed by atoms with Crippen LogP contribution in [0.1, 0.15) is 44.5 Å². The maximum Gasteiger partial charge on any atom is 0.329 e. The van der Waals surface area contributed by atoms with Gasteiger partial charge in [0.25, 0.3) is 5.91 Å². The Hall–Kier alpha value is -1.93. The number of sulfonamides is 1. The lowest BCUT2D eigenvalue weighted by Crippen LogP contribution is -2.50. The molecule has 0 saturated heterocycles. The first kappa shape index (κ1) is 20.1. The van der Waals surface area contributed by atoms with Crippen LogP contribution in [0.4, 0.5) is 0 Å². The Kier molecular flexibility index (Phi) is 6.13. The second kappa shape index (κ2) is 7.31. The third kappa shape index (κ3) is 4.33. The van der Waals surface area contributed by atoms with Crippen molar-refractivity contribution >= 4 is 21.9 Å². The molecule has 1 aromatic carbocycles. The largest absolute Gasteiger partial charge is 0.480 e. The summed E-state index contributed by atoms with van der Waals surface area (Å²) in [6.07, 6.45) is 0.658. The summed E-state index contributed by atoms with van der Waals surface area (Å²) < 4.78 is 26.9. The fourth-order valence-corrected chi connectivity index (χ4v) is 3.11. The molecule has 0 aliphatic carbocycles. The predicted molar refractivity (Wildman–Crippen MR) is 90.3 cm³/mol. The Labute approximate surface area is 142 Å². The number of nitrogens with one attached hydrogen (secondary N) is 1. The number of carbonyl (C=O) groups is 2. The minimum atomic E-state index is -3.65. The topological polar surface area (TPSA) is 104 Å². The van der Waals surface area contributed by atoms with Gasteiger partial charge >= 0.3 is 5.97 Å². The summed E-state index contributed by atoms with van der Waals surface area (Å²) in [5.74, 6) is -1.63. The molecule has 1 atom stereocenters. The standard InChI is InChI=1S/C16H24N2O5S/c1-6-11(2)17-24(22,23)13-9-7-12(8-10-13)14(19)18(5)16(3,4)15(20)21/h7-11,17H,6H2,1-5H3,(H,20,21). The molecule has 0 aliphatic rings. The van der Waals surface area contributed by atoms with Gasteiger partial charge in [-0.25, -0.2) is 17.9 Å². The first-order valence-corrected chi connectivity index (χ1v) is 9.05. The number of amides is 1. The van der Waals surface area contributed by atoms with Crippen molar-refractivity contribution in [1.29, 1.82) is 0 Å². The lowest BCUT2D eigenvalue weighted by molar-refractivity contribution is -0.147. The Morgan fingerprint density at radius 1 is 1.25 bits per heavy atom. The molecule has 0 spiro atoms. The SMILES string of the molecule is CCC(C)NS(=O)(=O)c1ccc(C(=O)N(C)C(C)(C)C(=O)O)cc1. The minimum absolute atomic E-state index is 0.0551. The molecule has 1 rings (SSSR count). The van der Waals surface area contributed by atoms with Gasteiger partial charge < -0.3 is 10.0 Å². The number of hydrogen-bond donors (Lipinski definition) is 2.